The lowest BCUT2D eigenvalue weighted by Gasteiger charge is -2.34. The molecule has 0 aromatic carbocycles. The normalized spacial score (nSPS) is 19.4. The first kappa shape index (κ1) is 21.2. The summed E-state index contributed by atoms with van der Waals surface area (Å²) in [4.78, 5) is 14.4. The molecule has 1 amide bonds. The van der Waals surface area contributed by atoms with Crippen LogP contribution in [0.2, 0.25) is 0 Å². The third kappa shape index (κ3) is 6.96. The molecule has 0 spiro atoms. The van der Waals surface area contributed by atoms with E-state index < -0.39 is 7.82 Å². The van der Waals surface area contributed by atoms with Crippen LogP contribution in [0.15, 0.2) is 11.8 Å². The van der Waals surface area contributed by atoms with E-state index >= 15 is 0 Å². The molecule has 140 valence electrons. The number of hydrogen-bond donors (Lipinski definition) is 0. The van der Waals surface area contributed by atoms with Crippen LogP contribution in [-0.4, -0.2) is 36.6 Å². The summed E-state index contributed by atoms with van der Waals surface area (Å²) >= 11 is 0. The van der Waals surface area contributed by atoms with Crippen LogP contribution in [0.4, 0.5) is 0 Å². The summed E-state index contributed by atoms with van der Waals surface area (Å²) < 4.78 is 28.5. The van der Waals surface area contributed by atoms with Gasteiger partial charge in [-0.15, -0.1) is 0 Å². The lowest BCUT2D eigenvalue weighted by Crippen LogP contribution is -2.42. The van der Waals surface area contributed by atoms with Crippen molar-refractivity contribution in [2.45, 2.75) is 72.3 Å². The molecule has 0 saturated carbocycles. The maximum Gasteiger partial charge on any atom is 0.529 e. The fraction of sp³-hybridized carbons (Fsp3) is 0.824. The van der Waals surface area contributed by atoms with Crippen molar-refractivity contribution in [2.24, 2.45) is 0 Å². The first-order valence-corrected chi connectivity index (χ1v) is 10.5. The van der Waals surface area contributed by atoms with Crippen LogP contribution in [0.5, 0.6) is 0 Å². The molecule has 0 aromatic rings. The summed E-state index contributed by atoms with van der Waals surface area (Å²) in [6, 6.07) is 0.273. The lowest BCUT2D eigenvalue weighted by atomic mass is 10.00. The van der Waals surface area contributed by atoms with E-state index in [-0.39, 0.29) is 30.9 Å². The third-order valence-electron chi connectivity index (χ3n) is 3.87. The van der Waals surface area contributed by atoms with Crippen molar-refractivity contribution < 1.29 is 22.9 Å². The number of piperidine rings is 1. The standard InChI is InChI=1S/C17H32NO5P/c1-5-12-21-24(20,22-13-6-2)23-15(4)14-17(19)18-11-9-8-10-16(18)7-3/h14,16H,5-13H2,1-4H3/b15-14+. The Morgan fingerprint density at radius 2 is 1.79 bits per heavy atom. The summed E-state index contributed by atoms with van der Waals surface area (Å²) in [5.74, 6) is 0.160. The van der Waals surface area contributed by atoms with Gasteiger partial charge in [0.05, 0.1) is 13.2 Å². The quantitative estimate of drug-likeness (QED) is 0.322. The number of allylic oxidation sites excluding steroid dienone is 1. The molecule has 0 aliphatic carbocycles. The van der Waals surface area contributed by atoms with E-state index in [2.05, 4.69) is 6.92 Å². The molecular formula is C17H32NO5P. The number of phosphoric ester groups is 1. The van der Waals surface area contributed by atoms with Crippen LogP contribution in [0.1, 0.15) is 66.2 Å². The molecule has 1 atom stereocenters. The van der Waals surface area contributed by atoms with Gasteiger partial charge < -0.3 is 9.42 Å². The van der Waals surface area contributed by atoms with Gasteiger partial charge in [-0.25, -0.2) is 4.57 Å². The summed E-state index contributed by atoms with van der Waals surface area (Å²) in [5.41, 5.74) is 0. The molecule has 0 radical (unpaired) electrons. The zero-order valence-corrected chi connectivity index (χ0v) is 16.3. The minimum absolute atomic E-state index is 0.100. The predicted molar refractivity (Wildman–Crippen MR) is 94.6 cm³/mol. The molecular weight excluding hydrogens is 329 g/mol. The van der Waals surface area contributed by atoms with Crippen molar-refractivity contribution in [2.75, 3.05) is 19.8 Å². The molecule has 1 aliphatic heterocycles. The Kier molecular flexibility index (Phi) is 9.64. The Morgan fingerprint density at radius 3 is 2.33 bits per heavy atom. The van der Waals surface area contributed by atoms with E-state index in [1.54, 1.807) is 6.92 Å². The average Bonchev–Trinajstić information content (AvgIpc) is 2.58. The Hall–Kier alpha value is -0.840. The van der Waals surface area contributed by atoms with Crippen molar-refractivity contribution in [3.8, 4) is 0 Å². The Bertz CT molecular complexity index is 454. The van der Waals surface area contributed by atoms with Crippen LogP contribution < -0.4 is 0 Å². The molecule has 0 bridgehead atoms. The number of phosphoric acid groups is 1. The summed E-state index contributed by atoms with van der Waals surface area (Å²) in [6.07, 6.45) is 6.96. The van der Waals surface area contributed by atoms with E-state index in [1.807, 2.05) is 18.7 Å². The third-order valence-corrected chi connectivity index (χ3v) is 5.38. The van der Waals surface area contributed by atoms with Crippen molar-refractivity contribution in [3.63, 3.8) is 0 Å². The van der Waals surface area contributed by atoms with Gasteiger partial charge in [0.2, 0.25) is 5.91 Å². The topological polar surface area (TPSA) is 65.1 Å². The monoisotopic (exact) mass is 361 g/mol. The minimum atomic E-state index is -3.67. The number of rotatable bonds is 10. The SMILES string of the molecule is CCCOP(=O)(OCCC)O/C(C)=C/C(=O)N1CCCCC1CC. The second kappa shape index (κ2) is 10.9. The number of carbonyl (C=O) groups excluding carboxylic acids is 1. The van der Waals surface area contributed by atoms with E-state index in [4.69, 9.17) is 13.6 Å². The van der Waals surface area contributed by atoms with Gasteiger partial charge in [0.1, 0.15) is 5.76 Å². The molecule has 0 aromatic heterocycles. The van der Waals surface area contributed by atoms with Crippen LogP contribution in [-0.2, 0) is 22.9 Å². The highest BCUT2D eigenvalue weighted by Crippen LogP contribution is 2.51. The Balaban J connectivity index is 2.73. The number of amides is 1. The van der Waals surface area contributed by atoms with Gasteiger partial charge in [0.15, 0.2) is 0 Å². The van der Waals surface area contributed by atoms with E-state index in [0.717, 1.165) is 32.2 Å². The van der Waals surface area contributed by atoms with Gasteiger partial charge >= 0.3 is 7.82 Å². The molecule has 0 N–H and O–H groups in total. The smallest absolute Gasteiger partial charge is 0.409 e. The van der Waals surface area contributed by atoms with Crippen molar-refractivity contribution in [1.29, 1.82) is 0 Å². The second-order valence-electron chi connectivity index (χ2n) is 6.05. The highest BCUT2D eigenvalue weighted by Gasteiger charge is 2.29. The summed E-state index contributed by atoms with van der Waals surface area (Å²) in [5, 5.41) is 0. The fourth-order valence-electron chi connectivity index (χ4n) is 2.67. The largest absolute Gasteiger partial charge is 0.529 e. The van der Waals surface area contributed by atoms with Crippen LogP contribution in [0.3, 0.4) is 0 Å². The highest BCUT2D eigenvalue weighted by atomic mass is 31.2. The molecule has 7 heteroatoms. The minimum Gasteiger partial charge on any atom is -0.409 e. The molecule has 1 fully saturated rings. The molecule has 1 aliphatic rings. The molecule has 24 heavy (non-hydrogen) atoms. The fourth-order valence-corrected chi connectivity index (χ4v) is 4.07. The number of likely N-dealkylation sites (tertiary alicyclic amines) is 1. The molecule has 1 heterocycles. The zero-order valence-electron chi connectivity index (χ0n) is 15.5. The first-order chi connectivity index (χ1) is 11.5. The van der Waals surface area contributed by atoms with Crippen LogP contribution in [0.25, 0.3) is 0 Å². The van der Waals surface area contributed by atoms with Gasteiger partial charge in [0.25, 0.3) is 0 Å². The maximum atomic E-state index is 12.6. The van der Waals surface area contributed by atoms with Gasteiger partial charge in [-0.3, -0.25) is 13.8 Å². The maximum absolute atomic E-state index is 12.6. The Morgan fingerprint density at radius 1 is 1.17 bits per heavy atom. The van der Waals surface area contributed by atoms with Crippen molar-refractivity contribution in [3.05, 3.63) is 11.8 Å². The first-order valence-electron chi connectivity index (χ1n) is 9.03. The molecule has 6 nitrogen and oxygen atoms in total. The molecule has 1 saturated heterocycles. The number of carbonyl (C=O) groups is 1. The second-order valence-corrected chi connectivity index (χ2v) is 7.64. The number of hydrogen-bond acceptors (Lipinski definition) is 5. The van der Waals surface area contributed by atoms with E-state index in [1.165, 1.54) is 6.08 Å². The van der Waals surface area contributed by atoms with Gasteiger partial charge in [-0.05, 0) is 45.4 Å². The summed E-state index contributed by atoms with van der Waals surface area (Å²) in [7, 11) is -3.67. The number of nitrogens with zero attached hydrogens (tertiary/aromatic N) is 1. The van der Waals surface area contributed by atoms with Gasteiger partial charge in [-0.2, -0.15) is 0 Å². The van der Waals surface area contributed by atoms with E-state index in [0.29, 0.717) is 12.8 Å². The Labute approximate surface area is 146 Å². The highest BCUT2D eigenvalue weighted by molar-refractivity contribution is 7.48. The average molecular weight is 361 g/mol. The molecule has 1 rings (SSSR count). The van der Waals surface area contributed by atoms with Crippen molar-refractivity contribution in [1.82, 2.24) is 4.90 Å². The summed E-state index contributed by atoms with van der Waals surface area (Å²) in [6.45, 7) is 8.86. The van der Waals surface area contributed by atoms with Crippen molar-refractivity contribution >= 4 is 13.7 Å². The zero-order chi connectivity index (χ0) is 18.0. The lowest BCUT2D eigenvalue weighted by molar-refractivity contribution is -0.129. The molecule has 1 unspecified atom stereocenters. The van der Waals surface area contributed by atoms with Gasteiger partial charge in [0, 0.05) is 18.7 Å². The van der Waals surface area contributed by atoms with Gasteiger partial charge in [-0.1, -0.05) is 20.8 Å². The van der Waals surface area contributed by atoms with E-state index in [9.17, 15) is 9.36 Å². The van der Waals surface area contributed by atoms with Crippen LogP contribution in [0, 0.1) is 0 Å². The predicted octanol–water partition coefficient (Wildman–Crippen LogP) is 4.66. The van der Waals surface area contributed by atoms with Crippen LogP contribution >= 0.6 is 7.82 Å².